The lowest BCUT2D eigenvalue weighted by Crippen LogP contribution is -2.60. The van der Waals surface area contributed by atoms with Crippen LogP contribution in [0.2, 0.25) is 0 Å². The van der Waals surface area contributed by atoms with Gasteiger partial charge in [0.2, 0.25) is 11.8 Å². The Morgan fingerprint density at radius 1 is 1.23 bits per heavy atom. The van der Waals surface area contributed by atoms with Crippen LogP contribution in [0.1, 0.15) is 56.6 Å². The van der Waals surface area contributed by atoms with Crippen molar-refractivity contribution in [2.45, 2.75) is 75.4 Å². The first-order valence-electron chi connectivity index (χ1n) is 13.3. The maximum absolute atomic E-state index is 14.6. The van der Waals surface area contributed by atoms with Gasteiger partial charge in [0, 0.05) is 36.8 Å². The van der Waals surface area contributed by atoms with Crippen LogP contribution >= 0.6 is 0 Å². The summed E-state index contributed by atoms with van der Waals surface area (Å²) < 4.78 is 61.8. The predicted molar refractivity (Wildman–Crippen MR) is 132 cm³/mol. The summed E-state index contributed by atoms with van der Waals surface area (Å²) in [5.41, 5.74) is 2.19. The highest BCUT2D eigenvalue weighted by Crippen LogP contribution is 2.44. The van der Waals surface area contributed by atoms with Gasteiger partial charge in [-0.1, -0.05) is 6.07 Å². The molecule has 1 aromatic carbocycles. The fourth-order valence-electron chi connectivity index (χ4n) is 5.80. The molecule has 2 amide bonds. The van der Waals surface area contributed by atoms with Gasteiger partial charge in [-0.25, -0.2) is 17.6 Å². The number of nitrogens with one attached hydrogen (secondary N) is 1. The number of aryl methyl sites for hydroxylation is 1. The number of ether oxygens (including phenoxy) is 1. The van der Waals surface area contributed by atoms with Crippen molar-refractivity contribution in [3.05, 3.63) is 47.2 Å². The van der Waals surface area contributed by atoms with Crippen molar-refractivity contribution in [1.29, 1.82) is 5.26 Å². The van der Waals surface area contributed by atoms with E-state index in [9.17, 15) is 32.4 Å². The topological polar surface area (TPSA) is 82.4 Å². The minimum atomic E-state index is -3.11. The Hall–Kier alpha value is -3.31. The van der Waals surface area contributed by atoms with E-state index in [2.05, 4.69) is 23.2 Å². The molecule has 1 aliphatic heterocycles. The molecule has 1 saturated heterocycles. The smallest absolute Gasteiger partial charge is 0.282 e. The molecule has 0 aromatic heterocycles. The highest BCUT2D eigenvalue weighted by molar-refractivity contribution is 5.89. The number of nitrogens with zero attached hydrogens (tertiary/aromatic N) is 2. The van der Waals surface area contributed by atoms with Gasteiger partial charge < -0.3 is 15.0 Å². The third kappa shape index (κ3) is 5.99. The lowest BCUT2D eigenvalue weighted by atomic mass is 9.91. The van der Waals surface area contributed by atoms with Gasteiger partial charge in [-0.2, -0.15) is 5.26 Å². The lowest BCUT2D eigenvalue weighted by molar-refractivity contribution is -0.171. The molecule has 6 nitrogen and oxygen atoms in total. The SMILES string of the molecule is CC(F)(F)c1cc(OC2C=C=[C]C2)ccc1CCC1CC(C(=O)NC2(C#N)CC2)C(C(=O)N2CC(F)(F)C2)C1. The molecule has 1 N–H and O–H groups in total. The first kappa shape index (κ1) is 27.3. The number of amides is 2. The fraction of sp³-hybridized carbons (Fsp3) is 0.586. The second-order valence-corrected chi connectivity index (χ2v) is 11.4. The maximum atomic E-state index is 14.6. The van der Waals surface area contributed by atoms with Gasteiger partial charge in [0.15, 0.2) is 0 Å². The number of rotatable bonds is 9. The first-order chi connectivity index (χ1) is 18.4. The van der Waals surface area contributed by atoms with Crippen molar-refractivity contribution in [1.82, 2.24) is 10.2 Å². The van der Waals surface area contributed by atoms with Crippen LogP contribution in [0.5, 0.6) is 5.75 Å². The number of halogens is 4. The summed E-state index contributed by atoms with van der Waals surface area (Å²) in [6.45, 7) is -0.508. The molecular formula is C29H30F4N3O3. The van der Waals surface area contributed by atoms with E-state index in [0.717, 1.165) is 11.8 Å². The van der Waals surface area contributed by atoms with Crippen LogP contribution in [-0.2, 0) is 21.9 Å². The molecule has 3 aliphatic carbocycles. The van der Waals surface area contributed by atoms with Crippen LogP contribution in [0.15, 0.2) is 30.0 Å². The van der Waals surface area contributed by atoms with Crippen molar-refractivity contribution in [2.75, 3.05) is 13.1 Å². The zero-order chi connectivity index (χ0) is 28.0. The number of carbonyl (C=O) groups is 2. The summed E-state index contributed by atoms with van der Waals surface area (Å²) in [5.74, 6) is -8.30. The van der Waals surface area contributed by atoms with E-state index in [1.54, 1.807) is 18.2 Å². The summed E-state index contributed by atoms with van der Waals surface area (Å²) in [4.78, 5) is 27.3. The Kier molecular flexibility index (Phi) is 7.00. The number of alkyl halides is 4. The Labute approximate surface area is 224 Å². The fourth-order valence-corrected chi connectivity index (χ4v) is 5.80. The molecule has 10 heteroatoms. The van der Waals surface area contributed by atoms with E-state index in [1.807, 2.05) is 0 Å². The maximum Gasteiger partial charge on any atom is 0.282 e. The zero-order valence-electron chi connectivity index (χ0n) is 21.6. The van der Waals surface area contributed by atoms with Crippen molar-refractivity contribution < 1.29 is 31.9 Å². The second-order valence-electron chi connectivity index (χ2n) is 11.4. The normalized spacial score (nSPS) is 28.1. The molecule has 2 saturated carbocycles. The zero-order valence-corrected chi connectivity index (χ0v) is 21.6. The monoisotopic (exact) mass is 544 g/mol. The Balaban J connectivity index is 1.28. The van der Waals surface area contributed by atoms with Gasteiger partial charge in [0.05, 0.1) is 19.2 Å². The van der Waals surface area contributed by atoms with Crippen molar-refractivity contribution in [3.8, 4) is 11.8 Å². The standard InChI is InChI=1S/C29H30F4N3O3/c1-27(30,31)24-14-21(39-20-4-2-3-5-20)9-8-19(24)7-6-18-12-22(25(37)35-28(15-34)10-11-28)23(13-18)26(38)36-16-29(32,33)17-36/h4,8-9,14,18,20,22-23H,5-7,10-13,16-17H2,1H3,(H,35,37). The minimum absolute atomic E-state index is 0.145. The van der Waals surface area contributed by atoms with Crippen LogP contribution < -0.4 is 10.1 Å². The number of likely N-dealkylation sites (tertiary alicyclic amines) is 1. The molecule has 3 fully saturated rings. The molecule has 207 valence electrons. The third-order valence-electron chi connectivity index (χ3n) is 8.13. The average molecular weight is 545 g/mol. The molecular weight excluding hydrogens is 514 g/mol. The molecule has 39 heavy (non-hydrogen) atoms. The van der Waals surface area contributed by atoms with E-state index in [1.165, 1.54) is 6.07 Å². The van der Waals surface area contributed by atoms with Crippen molar-refractivity contribution in [2.24, 2.45) is 17.8 Å². The van der Waals surface area contributed by atoms with E-state index in [0.29, 0.717) is 56.3 Å². The lowest BCUT2D eigenvalue weighted by Gasteiger charge is -2.40. The van der Waals surface area contributed by atoms with Gasteiger partial charge in [-0.3, -0.25) is 9.59 Å². The highest BCUT2D eigenvalue weighted by Gasteiger charge is 2.53. The number of hydrogen-bond acceptors (Lipinski definition) is 4. The van der Waals surface area contributed by atoms with Gasteiger partial charge in [0.25, 0.3) is 11.8 Å². The van der Waals surface area contributed by atoms with Crippen molar-refractivity contribution >= 4 is 11.8 Å². The number of carbonyl (C=O) groups excluding carboxylic acids is 2. The average Bonchev–Trinajstić information content (AvgIpc) is 3.24. The van der Waals surface area contributed by atoms with Gasteiger partial charge in [-0.05, 0) is 68.2 Å². The summed E-state index contributed by atoms with van der Waals surface area (Å²) in [6.07, 6.45) is 7.18. The van der Waals surface area contributed by atoms with E-state index < -0.39 is 54.1 Å². The number of nitriles is 1. The second kappa shape index (κ2) is 10.0. The predicted octanol–water partition coefficient (Wildman–Crippen LogP) is 4.69. The van der Waals surface area contributed by atoms with Gasteiger partial charge >= 0.3 is 0 Å². The Bertz CT molecular complexity index is 1250. The van der Waals surface area contributed by atoms with Gasteiger partial charge in [-0.15, -0.1) is 5.73 Å². The molecule has 4 aliphatic rings. The Morgan fingerprint density at radius 2 is 1.95 bits per heavy atom. The van der Waals surface area contributed by atoms with Crippen LogP contribution in [-0.4, -0.2) is 47.4 Å². The highest BCUT2D eigenvalue weighted by atomic mass is 19.3. The summed E-state index contributed by atoms with van der Waals surface area (Å²) in [5, 5.41) is 12.1. The van der Waals surface area contributed by atoms with Crippen molar-refractivity contribution in [3.63, 3.8) is 0 Å². The molecule has 0 bridgehead atoms. The molecule has 4 unspecified atom stereocenters. The summed E-state index contributed by atoms with van der Waals surface area (Å²) in [7, 11) is 0. The van der Waals surface area contributed by atoms with E-state index in [4.69, 9.17) is 4.74 Å². The quantitative estimate of drug-likeness (QED) is 0.361. The Morgan fingerprint density at radius 3 is 2.54 bits per heavy atom. The van der Waals surface area contributed by atoms with Crippen LogP contribution in [0.3, 0.4) is 0 Å². The molecule has 0 spiro atoms. The molecule has 4 atom stereocenters. The molecule has 1 aromatic rings. The summed E-state index contributed by atoms with van der Waals surface area (Å²) >= 11 is 0. The minimum Gasteiger partial charge on any atom is -0.485 e. The molecule has 1 radical (unpaired) electrons. The molecule has 1 heterocycles. The first-order valence-corrected chi connectivity index (χ1v) is 13.3. The summed E-state index contributed by atoms with van der Waals surface area (Å²) in [6, 6.07) is 6.71. The van der Waals surface area contributed by atoms with Crippen LogP contribution in [0.25, 0.3) is 0 Å². The van der Waals surface area contributed by atoms with E-state index >= 15 is 0 Å². The van der Waals surface area contributed by atoms with Crippen LogP contribution in [0, 0.1) is 35.2 Å². The third-order valence-corrected chi connectivity index (χ3v) is 8.13. The van der Waals surface area contributed by atoms with E-state index in [-0.39, 0.29) is 17.6 Å². The van der Waals surface area contributed by atoms with Crippen LogP contribution in [0.4, 0.5) is 17.6 Å². The number of benzene rings is 1. The largest absolute Gasteiger partial charge is 0.485 e. The van der Waals surface area contributed by atoms with Gasteiger partial charge in [0.1, 0.15) is 17.4 Å². The number of hydrogen-bond donors (Lipinski definition) is 1. The molecule has 5 rings (SSSR count).